The lowest BCUT2D eigenvalue weighted by Gasteiger charge is -2.09. The summed E-state index contributed by atoms with van der Waals surface area (Å²) in [6.45, 7) is 0.779. The highest BCUT2D eigenvalue weighted by Crippen LogP contribution is 2.19. The van der Waals surface area contributed by atoms with Gasteiger partial charge in [-0.2, -0.15) is 0 Å². The van der Waals surface area contributed by atoms with Crippen molar-refractivity contribution >= 4 is 11.6 Å². The van der Waals surface area contributed by atoms with Crippen LogP contribution in [0.25, 0.3) is 0 Å². The Labute approximate surface area is 136 Å². The van der Waals surface area contributed by atoms with Crippen LogP contribution in [0.3, 0.4) is 0 Å². The maximum absolute atomic E-state index is 12.0. The van der Waals surface area contributed by atoms with Crippen LogP contribution in [0.2, 0.25) is 0 Å². The van der Waals surface area contributed by atoms with Crippen LogP contribution in [0.5, 0.6) is 5.75 Å². The van der Waals surface area contributed by atoms with Crippen molar-refractivity contribution in [3.05, 3.63) is 53.9 Å². The van der Waals surface area contributed by atoms with E-state index >= 15 is 0 Å². The third-order valence-electron chi connectivity index (χ3n) is 3.81. The van der Waals surface area contributed by atoms with Crippen LogP contribution >= 0.6 is 0 Å². The molecule has 1 aromatic carbocycles. The van der Waals surface area contributed by atoms with Crippen molar-refractivity contribution in [2.45, 2.75) is 25.3 Å². The summed E-state index contributed by atoms with van der Waals surface area (Å²) in [5, 5.41) is 6.28. The summed E-state index contributed by atoms with van der Waals surface area (Å²) in [6, 6.07) is 10.2. The first kappa shape index (κ1) is 15.3. The summed E-state index contributed by atoms with van der Waals surface area (Å²) in [5.41, 5.74) is 2.70. The number of pyridine rings is 1. The van der Waals surface area contributed by atoms with E-state index in [9.17, 15) is 4.79 Å². The molecule has 0 unspecified atom stereocenters. The van der Waals surface area contributed by atoms with Crippen molar-refractivity contribution < 1.29 is 9.53 Å². The van der Waals surface area contributed by atoms with Gasteiger partial charge in [-0.1, -0.05) is 12.1 Å². The van der Waals surface area contributed by atoms with Crippen LogP contribution in [-0.4, -0.2) is 30.6 Å². The molecule has 120 valence electrons. The normalized spacial score (nSPS) is 13.4. The van der Waals surface area contributed by atoms with E-state index < -0.39 is 0 Å². The molecule has 5 heteroatoms. The van der Waals surface area contributed by atoms with Crippen molar-refractivity contribution in [3.63, 3.8) is 0 Å². The van der Waals surface area contributed by atoms with Gasteiger partial charge in [-0.25, -0.2) is 0 Å². The Balaban J connectivity index is 1.52. The third-order valence-corrected chi connectivity index (χ3v) is 3.81. The fourth-order valence-corrected chi connectivity index (χ4v) is 2.30. The fourth-order valence-electron chi connectivity index (χ4n) is 2.30. The summed E-state index contributed by atoms with van der Waals surface area (Å²) in [7, 11) is 1.66. The number of amides is 1. The second-order valence-electron chi connectivity index (χ2n) is 5.73. The highest BCUT2D eigenvalue weighted by Gasteiger charge is 2.23. The van der Waals surface area contributed by atoms with Gasteiger partial charge in [-0.3, -0.25) is 9.78 Å². The van der Waals surface area contributed by atoms with Crippen LogP contribution in [0.4, 0.5) is 5.69 Å². The Hall–Kier alpha value is -2.56. The van der Waals surface area contributed by atoms with Gasteiger partial charge < -0.3 is 15.4 Å². The van der Waals surface area contributed by atoms with Crippen LogP contribution in [0.15, 0.2) is 42.7 Å². The van der Waals surface area contributed by atoms with Gasteiger partial charge in [-0.05, 0) is 43.0 Å². The molecule has 1 saturated carbocycles. The largest absolute Gasteiger partial charge is 0.497 e. The first-order valence-corrected chi connectivity index (χ1v) is 7.87. The molecule has 0 radical (unpaired) electrons. The first-order valence-electron chi connectivity index (χ1n) is 7.87. The molecule has 1 heterocycles. The Morgan fingerprint density at radius 2 is 2.04 bits per heavy atom. The molecule has 0 bridgehead atoms. The lowest BCUT2D eigenvalue weighted by Crippen LogP contribution is -2.25. The fraction of sp³-hybridized carbons (Fsp3) is 0.333. The summed E-state index contributed by atoms with van der Waals surface area (Å²) < 4.78 is 5.15. The highest BCUT2D eigenvalue weighted by molar-refractivity contribution is 5.95. The molecule has 5 nitrogen and oxygen atoms in total. The summed E-state index contributed by atoms with van der Waals surface area (Å²) in [5.74, 6) is 0.819. The van der Waals surface area contributed by atoms with Crippen LogP contribution in [0.1, 0.15) is 28.8 Å². The first-order chi connectivity index (χ1) is 11.2. The molecule has 1 aliphatic carbocycles. The molecular formula is C18H21N3O2. The number of nitrogens with zero attached hydrogens (tertiary/aromatic N) is 1. The molecule has 0 aliphatic heterocycles. The van der Waals surface area contributed by atoms with E-state index in [1.165, 1.54) is 5.56 Å². The number of aromatic nitrogens is 1. The van der Waals surface area contributed by atoms with Crippen molar-refractivity contribution in [2.75, 3.05) is 19.0 Å². The van der Waals surface area contributed by atoms with Gasteiger partial charge in [0.1, 0.15) is 5.75 Å². The maximum atomic E-state index is 12.0. The average molecular weight is 311 g/mol. The van der Waals surface area contributed by atoms with E-state index in [0.717, 1.165) is 37.2 Å². The van der Waals surface area contributed by atoms with E-state index in [1.807, 2.05) is 18.2 Å². The molecule has 2 aromatic rings. The van der Waals surface area contributed by atoms with E-state index in [2.05, 4.69) is 27.8 Å². The molecule has 3 rings (SSSR count). The second kappa shape index (κ2) is 7.13. The van der Waals surface area contributed by atoms with E-state index in [-0.39, 0.29) is 5.91 Å². The molecule has 1 aromatic heterocycles. The van der Waals surface area contributed by atoms with Crippen molar-refractivity contribution in [3.8, 4) is 5.75 Å². The van der Waals surface area contributed by atoms with Gasteiger partial charge in [0, 0.05) is 25.0 Å². The van der Waals surface area contributed by atoms with Crippen LogP contribution < -0.4 is 15.4 Å². The second-order valence-corrected chi connectivity index (χ2v) is 5.73. The molecule has 23 heavy (non-hydrogen) atoms. The minimum absolute atomic E-state index is 0.0428. The molecule has 1 aliphatic rings. The summed E-state index contributed by atoms with van der Waals surface area (Å²) >= 11 is 0. The number of benzene rings is 1. The Morgan fingerprint density at radius 3 is 2.74 bits per heavy atom. The number of anilines is 1. The van der Waals surface area contributed by atoms with Gasteiger partial charge >= 0.3 is 0 Å². The molecular weight excluding hydrogens is 290 g/mol. The lowest BCUT2D eigenvalue weighted by atomic mass is 10.1. The van der Waals surface area contributed by atoms with Crippen molar-refractivity contribution in [2.24, 2.45) is 0 Å². The maximum Gasteiger partial charge on any atom is 0.253 e. The summed E-state index contributed by atoms with van der Waals surface area (Å²) in [4.78, 5) is 16.2. The Bertz CT molecular complexity index is 666. The number of methoxy groups -OCH3 is 1. The molecule has 0 spiro atoms. The zero-order valence-electron chi connectivity index (χ0n) is 13.2. The van der Waals surface area contributed by atoms with E-state index in [4.69, 9.17) is 4.74 Å². The minimum Gasteiger partial charge on any atom is -0.497 e. The zero-order valence-corrected chi connectivity index (χ0v) is 13.2. The number of hydrogen-bond donors (Lipinski definition) is 2. The van der Waals surface area contributed by atoms with Crippen molar-refractivity contribution in [1.29, 1.82) is 0 Å². The third kappa shape index (κ3) is 4.45. The SMILES string of the molecule is COc1ccc(CCNc2cncc(C(=O)NC3CC3)c2)cc1. The van der Waals surface area contributed by atoms with Gasteiger partial charge in [-0.15, -0.1) is 0 Å². The topological polar surface area (TPSA) is 63.2 Å². The number of hydrogen-bond acceptors (Lipinski definition) is 4. The predicted molar refractivity (Wildman–Crippen MR) is 89.9 cm³/mol. The standard InChI is InChI=1S/C18H21N3O2/c1-23-17-6-2-13(3-7-17)8-9-20-16-10-14(11-19-12-16)18(22)21-15-4-5-15/h2-3,6-7,10-12,15,20H,4-5,8-9H2,1H3,(H,21,22). The van der Waals surface area contributed by atoms with Crippen LogP contribution in [0, 0.1) is 0 Å². The van der Waals surface area contributed by atoms with Gasteiger partial charge in [0.2, 0.25) is 0 Å². The molecule has 1 fully saturated rings. The molecule has 0 atom stereocenters. The van der Waals surface area contributed by atoms with Crippen molar-refractivity contribution in [1.82, 2.24) is 10.3 Å². The smallest absolute Gasteiger partial charge is 0.253 e. The molecule has 0 saturated heterocycles. The predicted octanol–water partition coefficient (Wildman–Crippen LogP) is 2.64. The van der Waals surface area contributed by atoms with E-state index in [0.29, 0.717) is 11.6 Å². The summed E-state index contributed by atoms with van der Waals surface area (Å²) in [6.07, 6.45) is 6.40. The van der Waals surface area contributed by atoms with Gasteiger partial charge in [0.15, 0.2) is 0 Å². The zero-order chi connectivity index (χ0) is 16.1. The van der Waals surface area contributed by atoms with Gasteiger partial charge in [0.05, 0.1) is 18.4 Å². The number of nitrogens with one attached hydrogen (secondary N) is 2. The average Bonchev–Trinajstić information content (AvgIpc) is 3.40. The van der Waals surface area contributed by atoms with E-state index in [1.54, 1.807) is 19.5 Å². The molecule has 1 amide bonds. The van der Waals surface area contributed by atoms with Gasteiger partial charge in [0.25, 0.3) is 5.91 Å². The number of ether oxygens (including phenoxy) is 1. The Morgan fingerprint density at radius 1 is 1.26 bits per heavy atom. The highest BCUT2D eigenvalue weighted by atomic mass is 16.5. The quantitative estimate of drug-likeness (QED) is 0.825. The monoisotopic (exact) mass is 311 g/mol. The number of rotatable bonds is 7. The number of carbonyl (C=O) groups excluding carboxylic acids is 1. The minimum atomic E-state index is -0.0428. The number of carbonyl (C=O) groups is 1. The lowest BCUT2D eigenvalue weighted by molar-refractivity contribution is 0.0950. The molecule has 2 N–H and O–H groups in total. The Kier molecular flexibility index (Phi) is 4.76. The van der Waals surface area contributed by atoms with Crippen LogP contribution in [-0.2, 0) is 6.42 Å².